The highest BCUT2D eigenvalue weighted by atomic mass is 32.1. The lowest BCUT2D eigenvalue weighted by atomic mass is 10.1. The summed E-state index contributed by atoms with van der Waals surface area (Å²) in [5.41, 5.74) is 2.17. The first-order valence-electron chi connectivity index (χ1n) is 5.28. The van der Waals surface area contributed by atoms with Crippen molar-refractivity contribution in [3.63, 3.8) is 0 Å². The number of nitrogens with zero attached hydrogens (tertiary/aromatic N) is 2. The van der Waals surface area contributed by atoms with Gasteiger partial charge in [-0.2, -0.15) is 10.2 Å². The zero-order chi connectivity index (χ0) is 12.5. The normalized spacial score (nSPS) is 17.0. The van der Waals surface area contributed by atoms with Gasteiger partial charge in [-0.15, -0.1) is 0 Å². The molecule has 88 valence electrons. The first-order chi connectivity index (χ1) is 8.72. The van der Waals surface area contributed by atoms with E-state index in [0.717, 1.165) is 16.5 Å². The van der Waals surface area contributed by atoms with E-state index in [2.05, 4.69) is 20.8 Å². The molecule has 0 unspecified atom stereocenters. The lowest BCUT2D eigenvalue weighted by molar-refractivity contribution is -0.115. The van der Waals surface area contributed by atoms with Gasteiger partial charge in [0.05, 0.1) is 11.7 Å². The molecule has 18 heavy (non-hydrogen) atoms. The molecule has 2 aromatic rings. The third-order valence-electron chi connectivity index (χ3n) is 2.57. The van der Waals surface area contributed by atoms with E-state index in [1.165, 1.54) is 0 Å². The van der Waals surface area contributed by atoms with Crippen LogP contribution in [0.5, 0.6) is 0 Å². The second-order valence-electron chi connectivity index (χ2n) is 3.82. The molecule has 1 aromatic carbocycles. The Kier molecular flexibility index (Phi) is 2.49. The van der Waals surface area contributed by atoms with Crippen LogP contribution in [0.1, 0.15) is 5.56 Å². The number of nitrogens with one attached hydrogen (secondary N) is 2. The molecule has 1 aliphatic rings. The second kappa shape index (κ2) is 4.15. The van der Waals surface area contributed by atoms with Crippen LogP contribution < -0.4 is 10.6 Å². The maximum Gasteiger partial charge on any atom is 0.273 e. The first-order valence-corrected chi connectivity index (χ1v) is 5.69. The summed E-state index contributed by atoms with van der Waals surface area (Å²) >= 11 is 4.86. The molecule has 0 saturated carbocycles. The molecule has 0 bridgehead atoms. The van der Waals surface area contributed by atoms with Crippen LogP contribution in [0, 0.1) is 0 Å². The molecule has 5 nitrogen and oxygen atoms in total. The van der Waals surface area contributed by atoms with Crippen molar-refractivity contribution in [2.75, 3.05) is 0 Å². The predicted molar refractivity (Wildman–Crippen MR) is 71.4 cm³/mol. The predicted octanol–water partition coefficient (Wildman–Crippen LogP) is 0.975. The van der Waals surface area contributed by atoms with Crippen molar-refractivity contribution < 1.29 is 4.79 Å². The van der Waals surface area contributed by atoms with Crippen LogP contribution in [0.4, 0.5) is 0 Å². The highest BCUT2D eigenvalue weighted by Gasteiger charge is 2.19. The van der Waals surface area contributed by atoms with Crippen LogP contribution in [-0.2, 0) is 4.79 Å². The Labute approximate surface area is 108 Å². The minimum Gasteiger partial charge on any atom is -0.328 e. The SMILES string of the molecule is O=C1NC(=S)N/C1=C\c1ccc2nnccc2c1. The summed E-state index contributed by atoms with van der Waals surface area (Å²) in [5, 5.41) is 14.4. The molecule has 0 radical (unpaired) electrons. The zero-order valence-corrected chi connectivity index (χ0v) is 9.99. The molecule has 0 atom stereocenters. The van der Waals surface area contributed by atoms with Crippen molar-refractivity contribution in [2.24, 2.45) is 0 Å². The number of aromatic nitrogens is 2. The van der Waals surface area contributed by atoms with Gasteiger partial charge in [0.1, 0.15) is 5.70 Å². The minimum absolute atomic E-state index is 0.215. The van der Waals surface area contributed by atoms with E-state index < -0.39 is 0 Å². The van der Waals surface area contributed by atoms with Gasteiger partial charge in [-0.1, -0.05) is 6.07 Å². The number of rotatable bonds is 1. The number of thiocarbonyl (C=S) groups is 1. The number of hydrogen-bond acceptors (Lipinski definition) is 4. The standard InChI is InChI=1S/C12H8N4OS/c17-11-10(14-12(18)15-11)6-7-1-2-9-8(5-7)3-4-13-16-9/h1-6H,(H2,14,15,17,18)/b10-6-. The molecule has 6 heteroatoms. The monoisotopic (exact) mass is 256 g/mol. The van der Waals surface area contributed by atoms with Crippen LogP contribution in [0.15, 0.2) is 36.2 Å². The van der Waals surface area contributed by atoms with Crippen molar-refractivity contribution in [2.45, 2.75) is 0 Å². The van der Waals surface area contributed by atoms with Crippen molar-refractivity contribution in [1.29, 1.82) is 0 Å². The van der Waals surface area contributed by atoms with Gasteiger partial charge in [-0.05, 0) is 42.1 Å². The topological polar surface area (TPSA) is 66.9 Å². The lowest BCUT2D eigenvalue weighted by Crippen LogP contribution is -2.21. The Morgan fingerprint density at radius 1 is 1.22 bits per heavy atom. The average Bonchev–Trinajstić information content (AvgIpc) is 2.68. The average molecular weight is 256 g/mol. The van der Waals surface area contributed by atoms with Gasteiger partial charge in [0.2, 0.25) is 0 Å². The molecular weight excluding hydrogens is 248 g/mol. The van der Waals surface area contributed by atoms with Gasteiger partial charge >= 0.3 is 0 Å². The molecule has 2 heterocycles. The van der Waals surface area contributed by atoms with Crippen molar-refractivity contribution in [1.82, 2.24) is 20.8 Å². The van der Waals surface area contributed by atoms with Gasteiger partial charge in [0, 0.05) is 5.39 Å². The summed E-state index contributed by atoms with van der Waals surface area (Å²) in [6.07, 6.45) is 3.38. The molecule has 1 aliphatic heterocycles. The van der Waals surface area contributed by atoms with Crippen LogP contribution in [0.3, 0.4) is 0 Å². The van der Waals surface area contributed by atoms with E-state index in [1.54, 1.807) is 12.3 Å². The van der Waals surface area contributed by atoms with E-state index in [1.807, 2.05) is 24.3 Å². The molecular formula is C12H8N4OS. The van der Waals surface area contributed by atoms with Crippen molar-refractivity contribution in [3.05, 3.63) is 41.7 Å². The Balaban J connectivity index is 2.02. The molecule has 1 aromatic heterocycles. The summed E-state index contributed by atoms with van der Waals surface area (Å²) in [4.78, 5) is 11.5. The highest BCUT2D eigenvalue weighted by molar-refractivity contribution is 7.80. The van der Waals surface area contributed by atoms with Gasteiger partial charge in [0.25, 0.3) is 5.91 Å². The van der Waals surface area contributed by atoms with E-state index >= 15 is 0 Å². The van der Waals surface area contributed by atoms with Crippen molar-refractivity contribution in [3.8, 4) is 0 Å². The Hall–Kier alpha value is -2.34. The van der Waals surface area contributed by atoms with Gasteiger partial charge in [-0.25, -0.2) is 0 Å². The summed E-state index contributed by atoms with van der Waals surface area (Å²) in [7, 11) is 0. The van der Waals surface area contributed by atoms with Crippen LogP contribution >= 0.6 is 12.2 Å². The fourth-order valence-electron chi connectivity index (χ4n) is 1.75. The number of benzene rings is 1. The quantitative estimate of drug-likeness (QED) is 0.588. The summed E-state index contributed by atoms with van der Waals surface area (Å²) in [5.74, 6) is -0.215. The molecule has 3 rings (SSSR count). The Morgan fingerprint density at radius 3 is 2.89 bits per heavy atom. The number of carbonyl (C=O) groups excluding carboxylic acids is 1. The minimum atomic E-state index is -0.215. The fourth-order valence-corrected chi connectivity index (χ4v) is 1.95. The number of hydrogen-bond donors (Lipinski definition) is 2. The van der Waals surface area contributed by atoms with Crippen LogP contribution in [-0.4, -0.2) is 21.2 Å². The van der Waals surface area contributed by atoms with Gasteiger partial charge in [0.15, 0.2) is 5.11 Å². The third-order valence-corrected chi connectivity index (χ3v) is 2.77. The third kappa shape index (κ3) is 1.93. The lowest BCUT2D eigenvalue weighted by Gasteiger charge is -1.99. The van der Waals surface area contributed by atoms with Crippen LogP contribution in [0.2, 0.25) is 0 Å². The summed E-state index contributed by atoms with van der Waals surface area (Å²) in [6, 6.07) is 7.55. The number of carbonyl (C=O) groups is 1. The number of amides is 1. The van der Waals surface area contributed by atoms with E-state index in [-0.39, 0.29) is 5.91 Å². The maximum atomic E-state index is 11.5. The summed E-state index contributed by atoms with van der Waals surface area (Å²) < 4.78 is 0. The Morgan fingerprint density at radius 2 is 2.11 bits per heavy atom. The molecule has 1 saturated heterocycles. The highest BCUT2D eigenvalue weighted by Crippen LogP contribution is 2.15. The largest absolute Gasteiger partial charge is 0.328 e. The summed E-state index contributed by atoms with van der Waals surface area (Å²) in [6.45, 7) is 0. The molecule has 0 aliphatic carbocycles. The zero-order valence-electron chi connectivity index (χ0n) is 9.18. The molecule has 0 spiro atoms. The Bertz CT molecular complexity index is 695. The maximum absolute atomic E-state index is 11.5. The van der Waals surface area contributed by atoms with Crippen molar-refractivity contribution >= 4 is 40.2 Å². The molecule has 1 fully saturated rings. The van der Waals surface area contributed by atoms with Gasteiger partial charge in [-0.3, -0.25) is 10.1 Å². The first kappa shape index (κ1) is 10.8. The number of fused-ring (bicyclic) bond motifs is 1. The van der Waals surface area contributed by atoms with E-state index in [9.17, 15) is 4.79 Å². The van der Waals surface area contributed by atoms with Gasteiger partial charge < -0.3 is 5.32 Å². The van der Waals surface area contributed by atoms with Crippen LogP contribution in [0.25, 0.3) is 17.0 Å². The van der Waals surface area contributed by atoms with E-state index in [4.69, 9.17) is 12.2 Å². The fraction of sp³-hybridized carbons (Fsp3) is 0. The smallest absolute Gasteiger partial charge is 0.273 e. The molecule has 2 N–H and O–H groups in total. The molecule has 1 amide bonds. The van der Waals surface area contributed by atoms with E-state index in [0.29, 0.717) is 10.8 Å². The second-order valence-corrected chi connectivity index (χ2v) is 4.22.